The van der Waals surface area contributed by atoms with E-state index in [2.05, 4.69) is 156 Å². The number of aliphatic carboxylic acids is 1. The van der Waals surface area contributed by atoms with E-state index in [1.807, 2.05) is 5.32 Å². The number of carbonyl (C=O) groups excluding carboxylic acids is 20. The number of hydrogen-bond donors (Lipinski definition) is 30. The highest BCUT2D eigenvalue weighted by Gasteiger charge is 2.43. The minimum atomic E-state index is -1.87. The summed E-state index contributed by atoms with van der Waals surface area (Å²) in [6.45, 7) is -3.07. The normalized spacial score (nSPS) is 17.0. The Bertz CT molecular complexity index is 3840. The molecule has 16 unspecified atom stereocenters. The number of carboxylic acid groups (broad SMARTS) is 1. The number of likely N-dealkylation sites (tertiary alicyclic amines) is 2. The van der Waals surface area contributed by atoms with E-state index in [4.69, 9.17) is 22.3 Å². The van der Waals surface area contributed by atoms with Gasteiger partial charge in [0.05, 0.1) is 58.3 Å². The average Bonchev–Trinajstić information content (AvgIpc) is 1.73. The zero-order valence-corrected chi connectivity index (χ0v) is 69.4. The second-order valence-corrected chi connectivity index (χ2v) is 28.8. The second-order valence-electron chi connectivity index (χ2n) is 26.6. The van der Waals surface area contributed by atoms with Crippen molar-refractivity contribution in [1.29, 1.82) is 0 Å². The van der Waals surface area contributed by atoms with Crippen LogP contribution in [0.2, 0.25) is 0 Å². The van der Waals surface area contributed by atoms with Crippen LogP contribution in [0.25, 0.3) is 0 Å². The number of nitrogens with one attached hydrogen (secondary N) is 16. The first-order valence-corrected chi connectivity index (χ1v) is 40.1. The highest BCUT2D eigenvalue weighted by molar-refractivity contribution is 7.81. The maximum atomic E-state index is 14.1. The van der Waals surface area contributed by atoms with E-state index >= 15 is 0 Å². The van der Waals surface area contributed by atoms with Crippen LogP contribution in [0.4, 0.5) is 0 Å². The third-order valence-corrected chi connectivity index (χ3v) is 19.8. The molecule has 0 aliphatic carbocycles. The fourth-order valence-corrected chi connectivity index (χ4v) is 12.7. The summed E-state index contributed by atoms with van der Waals surface area (Å²) in [6.07, 6.45) is -3.33. The molecular formula is C66H101N21O26S6. The van der Waals surface area contributed by atoms with Gasteiger partial charge in [0.1, 0.15) is 96.4 Å². The Balaban J connectivity index is 1.64. The van der Waals surface area contributed by atoms with Gasteiger partial charge in [-0.1, -0.05) is 12.1 Å². The standard InChI is InChI=1S/C66H101N21O26S6/c1-28(73-62(108)44-6-4-12-87(44)65(111)34(15-46(69)93)78-59(105)40(25-117)84-61(107)42(27-119)83-58(104)39(24-116)74-47(94)16-67)52(98)81-38(23-115)55(101)72-19-50(97)86-11-3-5-43(86)63(109)77-33(14-45(68)92)56(102)76-32(13-30-7-9-31(91)10-8-30)53(99)70-17-48(95)75-37(22-114)54(100)71-18-49(96)85-51(29(2)90)64(110)79-35(20-88)57(103)82-41(26-118)60(106)80-36(21-89)66(112)113/h7-10,28-29,32-44,51,88-91,114-119H,3-6,11-27,67H2,1-2H3,(H2,68,92)(H2,69,93)(H,70,99)(H,71,100)(H,72,101)(H,73,108)(H,74,94)(H,75,95)(H,76,102)(H,77,109)(H,78,105)(H,79,110)(H,80,106)(H,81,98)(H,82,103)(H,83,104)(H,84,107)(H,85,96)(H,112,113). The number of carbonyl (C=O) groups is 21. The summed E-state index contributed by atoms with van der Waals surface area (Å²) >= 11 is 24.4. The molecule has 0 spiro atoms. The number of rotatable bonds is 50. The number of aromatic hydroxyl groups is 1. The molecule has 2 fully saturated rings. The number of aliphatic hydroxyl groups is 3. The maximum absolute atomic E-state index is 14.1. The van der Waals surface area contributed by atoms with E-state index in [0.717, 1.165) is 16.7 Å². The molecule has 0 saturated carbocycles. The van der Waals surface area contributed by atoms with Gasteiger partial charge in [0.15, 0.2) is 0 Å². The number of amides is 20. The fraction of sp³-hybridized carbons (Fsp3) is 0.591. The Morgan fingerprint density at radius 1 is 0.420 bits per heavy atom. The van der Waals surface area contributed by atoms with Crippen molar-refractivity contribution in [3.63, 3.8) is 0 Å². The minimum absolute atomic E-state index is 0.0191. The van der Waals surface area contributed by atoms with Gasteiger partial charge >= 0.3 is 5.97 Å². The highest BCUT2D eigenvalue weighted by atomic mass is 32.1. The third-order valence-electron chi connectivity index (χ3n) is 17.6. The molecule has 2 aliphatic rings. The predicted molar refractivity (Wildman–Crippen MR) is 434 cm³/mol. The number of phenolic OH excluding ortho intramolecular Hbond substituents is 1. The van der Waals surface area contributed by atoms with Crippen LogP contribution in [-0.2, 0) is 107 Å². The van der Waals surface area contributed by atoms with E-state index < -0.39 is 285 Å². The molecule has 3 rings (SSSR count). The average molecular weight is 1800 g/mol. The lowest BCUT2D eigenvalue weighted by molar-refractivity contribution is -0.143. The van der Waals surface area contributed by atoms with Gasteiger partial charge in [-0.3, -0.25) is 95.9 Å². The Morgan fingerprint density at radius 2 is 0.782 bits per heavy atom. The monoisotopic (exact) mass is 1800 g/mol. The molecule has 0 bridgehead atoms. The van der Waals surface area contributed by atoms with Crippen LogP contribution in [0.5, 0.6) is 5.75 Å². The zero-order valence-electron chi connectivity index (χ0n) is 64.0. The van der Waals surface area contributed by atoms with Gasteiger partial charge < -0.3 is 138 Å². The van der Waals surface area contributed by atoms with Crippen molar-refractivity contribution < 1.29 is 126 Å². The van der Waals surface area contributed by atoms with E-state index in [9.17, 15) is 121 Å². The van der Waals surface area contributed by atoms with E-state index in [1.165, 1.54) is 31.2 Å². The Hall–Kier alpha value is -10.2. The number of thiol groups is 6. The highest BCUT2D eigenvalue weighted by Crippen LogP contribution is 2.21. The van der Waals surface area contributed by atoms with Gasteiger partial charge in [-0.25, -0.2) is 4.79 Å². The van der Waals surface area contributed by atoms with Crippen molar-refractivity contribution >= 4 is 200 Å². The molecule has 47 nitrogen and oxygen atoms in total. The molecule has 16 atom stereocenters. The van der Waals surface area contributed by atoms with Crippen LogP contribution in [0.1, 0.15) is 57.9 Å². The summed E-state index contributed by atoms with van der Waals surface area (Å²) in [5.74, 6) is -24.4. The molecular weight excluding hydrogens is 1700 g/mol. The van der Waals surface area contributed by atoms with Crippen LogP contribution in [0.15, 0.2) is 24.3 Å². The Labute approximate surface area is 712 Å². The lowest BCUT2D eigenvalue weighted by Gasteiger charge is -2.30. The minimum Gasteiger partial charge on any atom is -0.508 e. The molecule has 0 radical (unpaired) electrons. The van der Waals surface area contributed by atoms with E-state index in [-0.39, 0.29) is 74.0 Å². The maximum Gasteiger partial charge on any atom is 0.328 e. The zero-order chi connectivity index (χ0) is 89.7. The molecule has 0 aromatic heterocycles. The quantitative estimate of drug-likeness (QED) is 0.0269. The Morgan fingerprint density at radius 3 is 1.24 bits per heavy atom. The van der Waals surface area contributed by atoms with Gasteiger partial charge in [-0.05, 0) is 57.2 Å². The van der Waals surface area contributed by atoms with E-state index in [1.54, 1.807) is 0 Å². The van der Waals surface area contributed by atoms with Crippen molar-refractivity contribution in [2.75, 3.05) is 87.0 Å². The summed E-state index contributed by atoms with van der Waals surface area (Å²) < 4.78 is 0. The number of carboxylic acids is 1. The molecule has 20 amide bonds. The number of aliphatic hydroxyl groups excluding tert-OH is 3. The fourth-order valence-electron chi connectivity index (χ4n) is 11.2. The smallest absolute Gasteiger partial charge is 0.328 e. The largest absolute Gasteiger partial charge is 0.508 e. The molecule has 2 saturated heterocycles. The SMILES string of the molecule is CC(NC(=O)C1CCCN1C(=O)C(CC(N)=O)NC(=O)C(CS)NC(=O)C(CS)NC(=O)C(CS)NC(=O)CN)C(=O)NC(CS)C(=O)NCC(=O)N1CCCC1C(=O)NC(CC(N)=O)C(=O)NC(Cc1ccc(O)cc1)C(=O)NCC(=O)NC(CS)C(=O)NCC(=O)NC(C(=O)NC(CO)C(=O)NC(CS)C(=O)NC(CO)C(=O)O)C(C)O. The van der Waals surface area contributed by atoms with Crippen molar-refractivity contribution in [3.8, 4) is 5.75 Å². The summed E-state index contributed by atoms with van der Waals surface area (Å²) in [4.78, 5) is 279. The summed E-state index contributed by atoms with van der Waals surface area (Å²) in [5.41, 5.74) is 16.6. The van der Waals surface area contributed by atoms with Crippen LogP contribution in [0.3, 0.4) is 0 Å². The molecule has 53 heteroatoms. The lowest BCUT2D eigenvalue weighted by Crippen LogP contribution is -2.61. The molecule has 119 heavy (non-hydrogen) atoms. The van der Waals surface area contributed by atoms with Crippen molar-refractivity contribution in [1.82, 2.24) is 94.9 Å². The molecule has 662 valence electrons. The molecule has 1 aromatic carbocycles. The van der Waals surface area contributed by atoms with Crippen LogP contribution in [-0.4, -0.2) is 343 Å². The first-order chi connectivity index (χ1) is 56.2. The van der Waals surface area contributed by atoms with Gasteiger partial charge in [0.25, 0.3) is 0 Å². The number of nitrogens with zero attached hydrogens (tertiary/aromatic N) is 2. The number of benzene rings is 1. The molecule has 1 aromatic rings. The topological polar surface area (TPSA) is 737 Å². The van der Waals surface area contributed by atoms with Crippen molar-refractivity contribution in [2.45, 2.75) is 156 Å². The van der Waals surface area contributed by atoms with Gasteiger partial charge in [-0.2, -0.15) is 75.8 Å². The van der Waals surface area contributed by atoms with Gasteiger partial charge in [0, 0.05) is 54.0 Å². The van der Waals surface area contributed by atoms with Crippen LogP contribution < -0.4 is 102 Å². The first kappa shape index (κ1) is 103. The van der Waals surface area contributed by atoms with Crippen LogP contribution >= 0.6 is 75.8 Å². The molecule has 27 N–H and O–H groups in total. The van der Waals surface area contributed by atoms with Gasteiger partial charge in [-0.15, -0.1) is 0 Å². The number of phenols is 1. The van der Waals surface area contributed by atoms with E-state index in [0.29, 0.717) is 5.56 Å². The third kappa shape index (κ3) is 33.9. The molecule has 2 aliphatic heterocycles. The first-order valence-electron chi connectivity index (χ1n) is 36.3. The summed E-state index contributed by atoms with van der Waals surface area (Å²) in [6, 6.07) is -18.2. The summed E-state index contributed by atoms with van der Waals surface area (Å²) in [5, 5.41) is 84.9. The number of hydrogen-bond acceptors (Lipinski definition) is 32. The van der Waals surface area contributed by atoms with Gasteiger partial charge in [0.2, 0.25) is 118 Å². The predicted octanol–water partition coefficient (Wildman–Crippen LogP) is -14.7. The lowest BCUT2D eigenvalue weighted by atomic mass is 10.0. The Kier molecular flexibility index (Phi) is 45.0. The van der Waals surface area contributed by atoms with Crippen LogP contribution in [0, 0.1) is 0 Å². The molecule has 2 heterocycles. The number of primary amides is 2. The number of nitrogens with two attached hydrogens (primary N) is 3. The summed E-state index contributed by atoms with van der Waals surface area (Å²) in [7, 11) is 0. The van der Waals surface area contributed by atoms with Crippen molar-refractivity contribution in [3.05, 3.63) is 29.8 Å². The second kappa shape index (κ2) is 52.0. The van der Waals surface area contributed by atoms with Crippen molar-refractivity contribution in [2.24, 2.45) is 17.2 Å².